The maximum absolute atomic E-state index is 12.1. The molecule has 0 spiro atoms. The van der Waals surface area contributed by atoms with Crippen LogP contribution in [0.4, 0.5) is 0 Å². The van der Waals surface area contributed by atoms with Crippen LogP contribution in [0.5, 0.6) is 0 Å². The second-order valence-corrected chi connectivity index (χ2v) is 4.09. The van der Waals surface area contributed by atoms with Gasteiger partial charge in [0.05, 0.1) is 6.07 Å². The number of rotatable bonds is 5. The van der Waals surface area contributed by atoms with E-state index in [0.29, 0.717) is 6.54 Å². The summed E-state index contributed by atoms with van der Waals surface area (Å²) >= 11 is 0. The Morgan fingerprint density at radius 1 is 1.41 bits per heavy atom. The Bertz CT molecular complexity index is 394. The van der Waals surface area contributed by atoms with Crippen molar-refractivity contribution in [2.24, 2.45) is 0 Å². The lowest BCUT2D eigenvalue weighted by Gasteiger charge is -2.19. The quantitative estimate of drug-likeness (QED) is 0.780. The van der Waals surface area contributed by atoms with Gasteiger partial charge >= 0.3 is 0 Å². The molecule has 0 bridgehead atoms. The Labute approximate surface area is 103 Å². The smallest absolute Gasteiger partial charge is 0.244 e. The van der Waals surface area contributed by atoms with E-state index in [2.05, 4.69) is 13.0 Å². The first-order chi connectivity index (χ1) is 8.20. The number of hydrogen-bond donors (Lipinski definition) is 0. The molecule has 3 nitrogen and oxygen atoms in total. The van der Waals surface area contributed by atoms with Crippen LogP contribution in [0.3, 0.4) is 0 Å². The van der Waals surface area contributed by atoms with Crippen molar-refractivity contribution in [1.82, 2.24) is 4.90 Å². The fraction of sp³-hybridized carbons (Fsp3) is 0.429. The van der Waals surface area contributed by atoms with Gasteiger partial charge < -0.3 is 4.90 Å². The van der Waals surface area contributed by atoms with Crippen LogP contribution in [-0.4, -0.2) is 24.4 Å². The van der Waals surface area contributed by atoms with Gasteiger partial charge in [0.1, 0.15) is 5.92 Å². The summed E-state index contributed by atoms with van der Waals surface area (Å²) in [6.45, 7) is 2.79. The van der Waals surface area contributed by atoms with E-state index in [4.69, 9.17) is 5.26 Å². The first-order valence-corrected chi connectivity index (χ1v) is 5.90. The van der Waals surface area contributed by atoms with Crippen molar-refractivity contribution < 1.29 is 4.79 Å². The monoisotopic (exact) mass is 230 g/mol. The third-order valence-corrected chi connectivity index (χ3v) is 2.73. The Morgan fingerprint density at radius 2 is 2.06 bits per heavy atom. The molecule has 0 heterocycles. The Morgan fingerprint density at radius 3 is 2.59 bits per heavy atom. The lowest BCUT2D eigenvalue weighted by atomic mass is 9.99. The first-order valence-electron chi connectivity index (χ1n) is 5.90. The molecule has 3 heteroatoms. The van der Waals surface area contributed by atoms with E-state index in [9.17, 15) is 4.79 Å². The molecule has 0 saturated carbocycles. The third kappa shape index (κ3) is 3.60. The Balaban J connectivity index is 2.75. The fourth-order valence-corrected chi connectivity index (χ4v) is 1.64. The molecule has 0 fully saturated rings. The van der Waals surface area contributed by atoms with Crippen molar-refractivity contribution in [1.29, 1.82) is 5.26 Å². The third-order valence-electron chi connectivity index (χ3n) is 2.73. The topological polar surface area (TPSA) is 44.1 Å². The van der Waals surface area contributed by atoms with Crippen LogP contribution in [-0.2, 0) is 4.79 Å². The number of carbonyl (C=O) groups is 1. The van der Waals surface area contributed by atoms with Gasteiger partial charge in [0.2, 0.25) is 5.91 Å². The van der Waals surface area contributed by atoms with E-state index in [1.807, 2.05) is 30.3 Å². The number of unbranched alkanes of at least 4 members (excludes halogenated alkanes) is 1. The molecule has 90 valence electrons. The van der Waals surface area contributed by atoms with Gasteiger partial charge in [-0.3, -0.25) is 4.79 Å². The number of nitriles is 1. The van der Waals surface area contributed by atoms with Crippen molar-refractivity contribution in [3.05, 3.63) is 35.9 Å². The highest BCUT2D eigenvalue weighted by atomic mass is 16.2. The molecule has 1 rings (SSSR count). The average molecular weight is 230 g/mol. The SMILES string of the molecule is CCCCN(C)C(=O)C(C#N)c1ccccc1. The van der Waals surface area contributed by atoms with E-state index in [0.717, 1.165) is 18.4 Å². The molecule has 1 atom stereocenters. The number of benzene rings is 1. The highest BCUT2D eigenvalue weighted by Crippen LogP contribution is 2.17. The van der Waals surface area contributed by atoms with E-state index in [1.54, 1.807) is 11.9 Å². The second kappa shape index (κ2) is 6.70. The lowest BCUT2D eigenvalue weighted by Crippen LogP contribution is -2.32. The number of carbonyl (C=O) groups excluding carboxylic acids is 1. The van der Waals surface area contributed by atoms with Crippen LogP contribution >= 0.6 is 0 Å². The molecule has 1 aromatic rings. The standard InChI is InChI=1S/C14H18N2O/c1-3-4-10-16(2)14(17)13(11-15)12-8-6-5-7-9-12/h5-9,13H,3-4,10H2,1-2H3. The minimum Gasteiger partial charge on any atom is -0.344 e. The molecule has 0 N–H and O–H groups in total. The minimum atomic E-state index is -0.682. The summed E-state index contributed by atoms with van der Waals surface area (Å²) in [6, 6.07) is 11.3. The highest BCUT2D eigenvalue weighted by Gasteiger charge is 2.22. The van der Waals surface area contributed by atoms with Crippen LogP contribution in [0.25, 0.3) is 0 Å². The predicted molar refractivity (Wildman–Crippen MR) is 67.3 cm³/mol. The molecule has 1 amide bonds. The first kappa shape index (κ1) is 13.2. The molecule has 0 radical (unpaired) electrons. The summed E-state index contributed by atoms with van der Waals surface area (Å²) in [6.07, 6.45) is 2.01. The molecule has 0 aliphatic rings. The zero-order valence-corrected chi connectivity index (χ0v) is 10.4. The fourth-order valence-electron chi connectivity index (χ4n) is 1.64. The van der Waals surface area contributed by atoms with Gasteiger partial charge in [-0.15, -0.1) is 0 Å². The molecule has 0 aromatic heterocycles. The van der Waals surface area contributed by atoms with Crippen LogP contribution in [0.2, 0.25) is 0 Å². The summed E-state index contributed by atoms with van der Waals surface area (Å²) in [5.74, 6) is -0.801. The van der Waals surface area contributed by atoms with Crippen molar-refractivity contribution >= 4 is 5.91 Å². The highest BCUT2D eigenvalue weighted by molar-refractivity contribution is 5.86. The van der Waals surface area contributed by atoms with E-state index >= 15 is 0 Å². The van der Waals surface area contributed by atoms with E-state index in [-0.39, 0.29) is 5.91 Å². The van der Waals surface area contributed by atoms with Crippen molar-refractivity contribution in [2.45, 2.75) is 25.7 Å². The van der Waals surface area contributed by atoms with Crippen LogP contribution in [0, 0.1) is 11.3 Å². The molecule has 0 aliphatic heterocycles. The van der Waals surface area contributed by atoms with Crippen LogP contribution < -0.4 is 0 Å². The molecular formula is C14H18N2O. The zero-order chi connectivity index (χ0) is 12.7. The van der Waals surface area contributed by atoms with Gasteiger partial charge in [0.15, 0.2) is 0 Å². The van der Waals surface area contributed by atoms with Gasteiger partial charge in [0.25, 0.3) is 0 Å². The summed E-state index contributed by atoms with van der Waals surface area (Å²) in [4.78, 5) is 13.7. The molecule has 1 aromatic carbocycles. The van der Waals surface area contributed by atoms with E-state index in [1.165, 1.54) is 0 Å². The van der Waals surface area contributed by atoms with Crippen molar-refractivity contribution in [3.8, 4) is 6.07 Å². The number of likely N-dealkylation sites (N-methyl/N-ethyl adjacent to an activating group) is 1. The summed E-state index contributed by atoms with van der Waals surface area (Å²) in [5.41, 5.74) is 0.767. The van der Waals surface area contributed by atoms with Gasteiger partial charge in [-0.1, -0.05) is 43.7 Å². The summed E-state index contributed by atoms with van der Waals surface area (Å²) < 4.78 is 0. The van der Waals surface area contributed by atoms with Gasteiger partial charge in [0, 0.05) is 13.6 Å². The van der Waals surface area contributed by atoms with Gasteiger partial charge in [-0.25, -0.2) is 0 Å². The molecule has 0 aliphatic carbocycles. The minimum absolute atomic E-state index is 0.118. The molecule has 1 unspecified atom stereocenters. The molecule has 0 saturated heterocycles. The van der Waals surface area contributed by atoms with Crippen molar-refractivity contribution in [2.75, 3.05) is 13.6 Å². The zero-order valence-electron chi connectivity index (χ0n) is 10.4. The van der Waals surface area contributed by atoms with Gasteiger partial charge in [-0.05, 0) is 12.0 Å². The van der Waals surface area contributed by atoms with Gasteiger partial charge in [-0.2, -0.15) is 5.26 Å². The maximum Gasteiger partial charge on any atom is 0.244 e. The van der Waals surface area contributed by atoms with E-state index < -0.39 is 5.92 Å². The average Bonchev–Trinajstić information content (AvgIpc) is 2.38. The largest absolute Gasteiger partial charge is 0.344 e. The normalized spacial score (nSPS) is 11.6. The van der Waals surface area contributed by atoms with Crippen LogP contribution in [0.15, 0.2) is 30.3 Å². The second-order valence-electron chi connectivity index (χ2n) is 4.09. The Kier molecular flexibility index (Phi) is 5.22. The van der Waals surface area contributed by atoms with Crippen molar-refractivity contribution in [3.63, 3.8) is 0 Å². The molecule has 17 heavy (non-hydrogen) atoms. The summed E-state index contributed by atoms with van der Waals surface area (Å²) in [7, 11) is 1.76. The Hall–Kier alpha value is -1.82. The maximum atomic E-state index is 12.1. The van der Waals surface area contributed by atoms with Crippen LogP contribution in [0.1, 0.15) is 31.2 Å². The molecular weight excluding hydrogens is 212 g/mol. The number of amides is 1. The number of nitrogens with zero attached hydrogens (tertiary/aromatic N) is 2. The predicted octanol–water partition coefficient (Wildman–Crippen LogP) is 2.55. The number of hydrogen-bond acceptors (Lipinski definition) is 2. The summed E-state index contributed by atoms with van der Waals surface area (Å²) in [5, 5.41) is 9.13. The lowest BCUT2D eigenvalue weighted by molar-refractivity contribution is -0.130.